The third-order valence-corrected chi connectivity index (χ3v) is 3.18. The van der Waals surface area contributed by atoms with Crippen LogP contribution in [-0.4, -0.2) is 50.8 Å². The molecule has 0 spiro atoms. The first-order valence-electron chi connectivity index (χ1n) is 6.83. The lowest BCUT2D eigenvalue weighted by Gasteiger charge is -2.27. The lowest BCUT2D eigenvalue weighted by atomic mass is 10.1. The maximum Gasteiger partial charge on any atom is 0.0701 e. The van der Waals surface area contributed by atoms with E-state index < -0.39 is 0 Å². The van der Waals surface area contributed by atoms with E-state index in [0.29, 0.717) is 6.10 Å². The first-order chi connectivity index (χ1) is 7.83. The van der Waals surface area contributed by atoms with Gasteiger partial charge in [0.15, 0.2) is 0 Å². The lowest BCUT2D eigenvalue weighted by molar-refractivity contribution is -0.00158. The monoisotopic (exact) mass is 228 g/mol. The molecule has 0 aromatic heterocycles. The van der Waals surface area contributed by atoms with Gasteiger partial charge in [-0.3, -0.25) is 0 Å². The normalized spacial score (nSPS) is 21.6. The standard InChI is InChI=1S/C13H28N2O/c1-3-14-9-5-6-10-15(2)12-13-8-4-7-11-16-13/h13-14H,3-12H2,1-2H3. The van der Waals surface area contributed by atoms with Crippen molar-refractivity contribution in [1.82, 2.24) is 10.2 Å². The van der Waals surface area contributed by atoms with Crippen LogP contribution in [0.3, 0.4) is 0 Å². The number of hydrogen-bond donors (Lipinski definition) is 1. The quantitative estimate of drug-likeness (QED) is 0.642. The molecule has 16 heavy (non-hydrogen) atoms. The topological polar surface area (TPSA) is 24.5 Å². The molecule has 0 aromatic rings. The van der Waals surface area contributed by atoms with Crippen molar-refractivity contribution in [2.45, 2.75) is 45.1 Å². The van der Waals surface area contributed by atoms with Gasteiger partial charge in [0.2, 0.25) is 0 Å². The molecule has 0 aliphatic carbocycles. The summed E-state index contributed by atoms with van der Waals surface area (Å²) in [6.45, 7) is 7.69. The Bertz CT molecular complexity index is 158. The minimum atomic E-state index is 0.493. The Balaban J connectivity index is 1.95. The maximum absolute atomic E-state index is 5.74. The van der Waals surface area contributed by atoms with Crippen LogP contribution in [0.2, 0.25) is 0 Å². The summed E-state index contributed by atoms with van der Waals surface area (Å²) < 4.78 is 5.74. The highest BCUT2D eigenvalue weighted by molar-refractivity contribution is 4.67. The molecule has 1 fully saturated rings. The number of nitrogens with one attached hydrogen (secondary N) is 1. The van der Waals surface area contributed by atoms with E-state index in [4.69, 9.17) is 4.74 Å². The number of hydrogen-bond acceptors (Lipinski definition) is 3. The highest BCUT2D eigenvalue weighted by Crippen LogP contribution is 2.13. The lowest BCUT2D eigenvalue weighted by Crippen LogP contribution is -2.34. The minimum Gasteiger partial charge on any atom is -0.377 e. The van der Waals surface area contributed by atoms with Gasteiger partial charge < -0.3 is 15.0 Å². The van der Waals surface area contributed by atoms with Gasteiger partial charge in [0.25, 0.3) is 0 Å². The number of ether oxygens (including phenoxy) is 1. The van der Waals surface area contributed by atoms with Gasteiger partial charge in [0.1, 0.15) is 0 Å². The summed E-state index contributed by atoms with van der Waals surface area (Å²) in [6, 6.07) is 0. The molecule has 0 amide bonds. The van der Waals surface area contributed by atoms with Crippen LogP contribution in [0.4, 0.5) is 0 Å². The number of nitrogens with zero attached hydrogens (tertiary/aromatic N) is 1. The molecule has 0 saturated carbocycles. The summed E-state index contributed by atoms with van der Waals surface area (Å²) in [5.74, 6) is 0. The summed E-state index contributed by atoms with van der Waals surface area (Å²) in [6.07, 6.45) is 6.91. The summed E-state index contributed by atoms with van der Waals surface area (Å²) in [4.78, 5) is 2.42. The zero-order chi connectivity index (χ0) is 11.6. The first-order valence-corrected chi connectivity index (χ1v) is 6.83. The molecule has 96 valence electrons. The summed E-state index contributed by atoms with van der Waals surface area (Å²) >= 11 is 0. The minimum absolute atomic E-state index is 0.493. The molecule has 1 aliphatic rings. The van der Waals surface area contributed by atoms with Crippen LogP contribution in [0.25, 0.3) is 0 Å². The molecule has 1 atom stereocenters. The third-order valence-electron chi connectivity index (χ3n) is 3.18. The van der Waals surface area contributed by atoms with Gasteiger partial charge in [0.05, 0.1) is 6.10 Å². The smallest absolute Gasteiger partial charge is 0.0701 e. The second-order valence-electron chi connectivity index (χ2n) is 4.81. The molecule has 1 unspecified atom stereocenters. The van der Waals surface area contributed by atoms with E-state index >= 15 is 0 Å². The summed E-state index contributed by atoms with van der Waals surface area (Å²) in [7, 11) is 2.21. The highest BCUT2D eigenvalue weighted by atomic mass is 16.5. The van der Waals surface area contributed by atoms with Gasteiger partial charge >= 0.3 is 0 Å². The van der Waals surface area contributed by atoms with Crippen LogP contribution in [0, 0.1) is 0 Å². The zero-order valence-electron chi connectivity index (χ0n) is 11.0. The SMILES string of the molecule is CCNCCCCN(C)CC1CCCCO1. The predicted octanol–water partition coefficient (Wildman–Crippen LogP) is 1.88. The maximum atomic E-state index is 5.74. The van der Waals surface area contributed by atoms with Crippen LogP contribution >= 0.6 is 0 Å². The van der Waals surface area contributed by atoms with Crippen molar-refractivity contribution < 1.29 is 4.74 Å². The fraction of sp³-hybridized carbons (Fsp3) is 1.00. The molecule has 1 aliphatic heterocycles. The van der Waals surface area contributed by atoms with Crippen LogP contribution in [-0.2, 0) is 4.74 Å². The highest BCUT2D eigenvalue weighted by Gasteiger charge is 2.15. The molecule has 1 saturated heterocycles. The van der Waals surface area contributed by atoms with Crippen molar-refractivity contribution in [3.8, 4) is 0 Å². The second-order valence-corrected chi connectivity index (χ2v) is 4.81. The number of rotatable bonds is 8. The number of unbranched alkanes of at least 4 members (excludes halogenated alkanes) is 1. The second kappa shape index (κ2) is 8.97. The van der Waals surface area contributed by atoms with E-state index in [1.54, 1.807) is 0 Å². The Morgan fingerprint density at radius 1 is 1.31 bits per heavy atom. The molecule has 0 aromatic carbocycles. The molecule has 1 rings (SSSR count). The van der Waals surface area contributed by atoms with Crippen molar-refractivity contribution in [3.63, 3.8) is 0 Å². The third kappa shape index (κ3) is 6.46. The summed E-state index contributed by atoms with van der Waals surface area (Å²) in [5.41, 5.74) is 0. The van der Waals surface area contributed by atoms with Crippen LogP contribution in [0.5, 0.6) is 0 Å². The van der Waals surface area contributed by atoms with Crippen LogP contribution in [0.15, 0.2) is 0 Å². The Morgan fingerprint density at radius 3 is 2.88 bits per heavy atom. The van der Waals surface area contributed by atoms with Gasteiger partial charge in [0, 0.05) is 13.2 Å². The molecular weight excluding hydrogens is 200 g/mol. The average molecular weight is 228 g/mol. The molecular formula is C13H28N2O. The Hall–Kier alpha value is -0.120. The van der Waals surface area contributed by atoms with Gasteiger partial charge in [-0.05, 0) is 58.8 Å². The van der Waals surface area contributed by atoms with E-state index in [1.165, 1.54) is 38.6 Å². The largest absolute Gasteiger partial charge is 0.377 e. The van der Waals surface area contributed by atoms with Gasteiger partial charge in [-0.2, -0.15) is 0 Å². The van der Waals surface area contributed by atoms with Crippen molar-refractivity contribution in [1.29, 1.82) is 0 Å². The Morgan fingerprint density at radius 2 is 2.19 bits per heavy atom. The van der Waals surface area contributed by atoms with Crippen molar-refractivity contribution in [2.75, 3.05) is 39.8 Å². The van der Waals surface area contributed by atoms with Gasteiger partial charge in [-0.15, -0.1) is 0 Å². The predicted molar refractivity (Wildman–Crippen MR) is 68.9 cm³/mol. The van der Waals surface area contributed by atoms with E-state index in [9.17, 15) is 0 Å². The fourth-order valence-corrected chi connectivity index (χ4v) is 2.20. The fourth-order valence-electron chi connectivity index (χ4n) is 2.20. The van der Waals surface area contributed by atoms with Crippen LogP contribution < -0.4 is 5.32 Å². The van der Waals surface area contributed by atoms with Crippen molar-refractivity contribution >= 4 is 0 Å². The Labute approximate surface area is 101 Å². The molecule has 1 N–H and O–H groups in total. The first kappa shape index (κ1) is 13.9. The van der Waals surface area contributed by atoms with E-state index in [2.05, 4.69) is 24.2 Å². The van der Waals surface area contributed by atoms with Crippen LogP contribution in [0.1, 0.15) is 39.0 Å². The number of likely N-dealkylation sites (N-methyl/N-ethyl adjacent to an activating group) is 1. The van der Waals surface area contributed by atoms with Gasteiger partial charge in [-0.1, -0.05) is 6.92 Å². The average Bonchev–Trinajstić information content (AvgIpc) is 2.30. The van der Waals surface area contributed by atoms with Crippen molar-refractivity contribution in [2.24, 2.45) is 0 Å². The van der Waals surface area contributed by atoms with E-state index in [1.807, 2.05) is 0 Å². The van der Waals surface area contributed by atoms with Gasteiger partial charge in [-0.25, -0.2) is 0 Å². The van der Waals surface area contributed by atoms with E-state index in [-0.39, 0.29) is 0 Å². The molecule has 1 heterocycles. The molecule has 0 radical (unpaired) electrons. The molecule has 3 nitrogen and oxygen atoms in total. The zero-order valence-corrected chi connectivity index (χ0v) is 11.0. The molecule has 3 heteroatoms. The Kier molecular flexibility index (Phi) is 7.81. The summed E-state index contributed by atoms with van der Waals surface area (Å²) in [5, 5.41) is 3.36. The molecule has 0 bridgehead atoms. The van der Waals surface area contributed by atoms with Crippen molar-refractivity contribution in [3.05, 3.63) is 0 Å². The van der Waals surface area contributed by atoms with E-state index in [0.717, 1.165) is 26.2 Å².